The first-order chi connectivity index (χ1) is 12.3. The third kappa shape index (κ3) is 2.78. The van der Waals surface area contributed by atoms with E-state index in [2.05, 4.69) is 27.8 Å². The molecule has 4 heterocycles. The van der Waals surface area contributed by atoms with Gasteiger partial charge in [-0.2, -0.15) is 0 Å². The van der Waals surface area contributed by atoms with Crippen LogP contribution in [0.2, 0.25) is 0 Å². The van der Waals surface area contributed by atoms with Crippen molar-refractivity contribution in [2.45, 2.75) is 38.4 Å². The summed E-state index contributed by atoms with van der Waals surface area (Å²) in [4.78, 5) is 2.48. The van der Waals surface area contributed by atoms with Crippen molar-refractivity contribution < 1.29 is 14.0 Å². The topological polar surface area (TPSA) is 71.8 Å². The summed E-state index contributed by atoms with van der Waals surface area (Å²) < 4.78 is 16.5. The average molecular weight is 342 g/mol. The molecule has 0 saturated carbocycles. The Labute approximate surface area is 146 Å². The molecule has 5 rings (SSSR count). The number of hydrazine groups is 1. The lowest BCUT2D eigenvalue weighted by molar-refractivity contribution is 0.174. The molecule has 1 saturated heterocycles. The lowest BCUT2D eigenvalue weighted by Gasteiger charge is -2.28. The van der Waals surface area contributed by atoms with Crippen molar-refractivity contribution in [2.75, 3.05) is 19.9 Å². The number of benzene rings is 1. The zero-order chi connectivity index (χ0) is 16.8. The fraction of sp³-hybridized carbons (Fsp3) is 0.500. The van der Waals surface area contributed by atoms with E-state index in [-0.39, 0.29) is 6.79 Å². The molecule has 2 N–H and O–H groups in total. The zero-order valence-corrected chi connectivity index (χ0v) is 14.2. The average Bonchev–Trinajstić information content (AvgIpc) is 3.33. The molecule has 3 aliphatic heterocycles. The van der Waals surface area contributed by atoms with Gasteiger partial charge in [-0.1, -0.05) is 5.16 Å². The van der Waals surface area contributed by atoms with Gasteiger partial charge in [-0.25, -0.2) is 0 Å². The SMILES string of the molecule is CC1CC(CN2CCc3onc(-c4ccc5c(c4)OCO5)c3C2)NN1. The minimum atomic E-state index is 0.282. The summed E-state index contributed by atoms with van der Waals surface area (Å²) in [5, 5.41) is 4.35. The van der Waals surface area contributed by atoms with E-state index in [1.165, 1.54) is 5.56 Å². The maximum absolute atomic E-state index is 5.62. The first-order valence-corrected chi connectivity index (χ1v) is 8.87. The van der Waals surface area contributed by atoms with Gasteiger partial charge in [0.05, 0.1) is 0 Å². The summed E-state index contributed by atoms with van der Waals surface area (Å²) in [6, 6.07) is 6.98. The third-order valence-corrected chi connectivity index (χ3v) is 5.20. The first-order valence-electron chi connectivity index (χ1n) is 8.87. The molecular weight excluding hydrogens is 320 g/mol. The molecule has 0 spiro atoms. The summed E-state index contributed by atoms with van der Waals surface area (Å²) in [6.07, 6.45) is 2.06. The normalized spacial score (nSPS) is 25.3. The summed E-state index contributed by atoms with van der Waals surface area (Å²) in [5.41, 5.74) is 9.82. The van der Waals surface area contributed by atoms with Crippen molar-refractivity contribution >= 4 is 0 Å². The number of aromatic nitrogens is 1. The predicted octanol–water partition coefficient (Wildman–Crippen LogP) is 1.68. The van der Waals surface area contributed by atoms with Gasteiger partial charge in [0, 0.05) is 49.3 Å². The highest BCUT2D eigenvalue weighted by atomic mass is 16.7. The molecule has 1 fully saturated rings. The Morgan fingerprint density at radius 2 is 2.16 bits per heavy atom. The molecule has 1 aromatic heterocycles. The molecule has 132 valence electrons. The molecule has 2 aromatic rings. The molecule has 7 nitrogen and oxygen atoms in total. The molecular formula is C18H22N4O3. The monoisotopic (exact) mass is 342 g/mol. The molecule has 0 radical (unpaired) electrons. The highest BCUT2D eigenvalue weighted by Crippen LogP contribution is 2.38. The second kappa shape index (κ2) is 6.01. The van der Waals surface area contributed by atoms with E-state index in [4.69, 9.17) is 14.0 Å². The summed E-state index contributed by atoms with van der Waals surface area (Å²) in [7, 11) is 0. The molecule has 25 heavy (non-hydrogen) atoms. The minimum absolute atomic E-state index is 0.282. The van der Waals surface area contributed by atoms with Crippen LogP contribution < -0.4 is 20.3 Å². The number of fused-ring (bicyclic) bond motifs is 2. The van der Waals surface area contributed by atoms with Gasteiger partial charge in [-0.05, 0) is 31.5 Å². The molecule has 0 amide bonds. The highest BCUT2D eigenvalue weighted by Gasteiger charge is 2.29. The van der Waals surface area contributed by atoms with Crippen molar-refractivity contribution in [3.8, 4) is 22.8 Å². The maximum atomic E-state index is 5.62. The van der Waals surface area contributed by atoms with Gasteiger partial charge in [0.25, 0.3) is 0 Å². The van der Waals surface area contributed by atoms with E-state index in [0.29, 0.717) is 12.1 Å². The van der Waals surface area contributed by atoms with Crippen LogP contribution in [-0.4, -0.2) is 42.0 Å². The van der Waals surface area contributed by atoms with Crippen LogP contribution >= 0.6 is 0 Å². The number of hydrogen-bond acceptors (Lipinski definition) is 7. The number of nitrogens with zero attached hydrogens (tertiary/aromatic N) is 2. The van der Waals surface area contributed by atoms with Crippen LogP contribution in [0.15, 0.2) is 22.7 Å². The third-order valence-electron chi connectivity index (χ3n) is 5.20. The smallest absolute Gasteiger partial charge is 0.231 e. The van der Waals surface area contributed by atoms with Crippen LogP contribution in [0.5, 0.6) is 11.5 Å². The van der Waals surface area contributed by atoms with Gasteiger partial charge in [-0.3, -0.25) is 15.8 Å². The Hall–Kier alpha value is -2.09. The number of nitrogens with one attached hydrogen (secondary N) is 2. The number of hydrogen-bond donors (Lipinski definition) is 2. The minimum Gasteiger partial charge on any atom is -0.454 e. The van der Waals surface area contributed by atoms with Crippen molar-refractivity contribution in [3.05, 3.63) is 29.5 Å². The van der Waals surface area contributed by atoms with Crippen molar-refractivity contribution in [1.29, 1.82) is 0 Å². The van der Waals surface area contributed by atoms with Gasteiger partial charge in [0.1, 0.15) is 11.5 Å². The Morgan fingerprint density at radius 1 is 1.24 bits per heavy atom. The molecule has 0 aliphatic carbocycles. The Kier molecular flexibility index (Phi) is 3.65. The van der Waals surface area contributed by atoms with Gasteiger partial charge in [-0.15, -0.1) is 0 Å². The molecule has 3 aliphatic rings. The summed E-state index contributed by atoms with van der Waals surface area (Å²) in [5.74, 6) is 2.57. The van der Waals surface area contributed by atoms with E-state index in [0.717, 1.165) is 61.0 Å². The molecule has 2 unspecified atom stereocenters. The largest absolute Gasteiger partial charge is 0.454 e. The standard InChI is InChI=1S/C18H22N4O3/c1-11-6-13(20-19-11)8-22-5-4-15-14(9-22)18(21-25-15)12-2-3-16-17(7-12)24-10-23-16/h2-3,7,11,13,19-20H,4-6,8-10H2,1H3. The lowest BCUT2D eigenvalue weighted by atomic mass is 10.0. The first kappa shape index (κ1) is 15.2. The van der Waals surface area contributed by atoms with Gasteiger partial charge < -0.3 is 14.0 Å². The van der Waals surface area contributed by atoms with Gasteiger partial charge in [0.15, 0.2) is 11.5 Å². The molecule has 7 heteroatoms. The van der Waals surface area contributed by atoms with Crippen molar-refractivity contribution in [2.24, 2.45) is 0 Å². The van der Waals surface area contributed by atoms with E-state index >= 15 is 0 Å². The van der Waals surface area contributed by atoms with Crippen molar-refractivity contribution in [1.82, 2.24) is 20.9 Å². The van der Waals surface area contributed by atoms with Gasteiger partial charge in [0.2, 0.25) is 6.79 Å². The quantitative estimate of drug-likeness (QED) is 0.879. The number of rotatable bonds is 3. The molecule has 2 atom stereocenters. The predicted molar refractivity (Wildman–Crippen MR) is 91.2 cm³/mol. The van der Waals surface area contributed by atoms with Gasteiger partial charge >= 0.3 is 0 Å². The summed E-state index contributed by atoms with van der Waals surface area (Å²) in [6.45, 7) is 5.40. The van der Waals surface area contributed by atoms with E-state index in [1.54, 1.807) is 0 Å². The van der Waals surface area contributed by atoms with Crippen molar-refractivity contribution in [3.63, 3.8) is 0 Å². The van der Waals surface area contributed by atoms with Crippen LogP contribution in [0.4, 0.5) is 0 Å². The van der Waals surface area contributed by atoms with E-state index < -0.39 is 0 Å². The summed E-state index contributed by atoms with van der Waals surface area (Å²) >= 11 is 0. The molecule has 1 aromatic carbocycles. The maximum Gasteiger partial charge on any atom is 0.231 e. The van der Waals surface area contributed by atoms with E-state index in [1.807, 2.05) is 18.2 Å². The number of ether oxygens (including phenoxy) is 2. The lowest BCUT2D eigenvalue weighted by Crippen LogP contribution is -2.42. The Balaban J connectivity index is 1.37. The Morgan fingerprint density at radius 3 is 3.04 bits per heavy atom. The Bertz CT molecular complexity index is 791. The van der Waals surface area contributed by atoms with Crippen LogP contribution in [0.1, 0.15) is 24.7 Å². The van der Waals surface area contributed by atoms with Crippen LogP contribution in [0.3, 0.4) is 0 Å². The fourth-order valence-electron chi connectivity index (χ4n) is 3.93. The van der Waals surface area contributed by atoms with Crippen LogP contribution in [0.25, 0.3) is 11.3 Å². The fourth-order valence-corrected chi connectivity index (χ4v) is 3.93. The zero-order valence-electron chi connectivity index (χ0n) is 14.2. The van der Waals surface area contributed by atoms with Crippen LogP contribution in [-0.2, 0) is 13.0 Å². The van der Waals surface area contributed by atoms with E-state index in [9.17, 15) is 0 Å². The second-order valence-corrected chi connectivity index (χ2v) is 7.11. The molecule has 0 bridgehead atoms. The van der Waals surface area contributed by atoms with Crippen LogP contribution in [0, 0.1) is 0 Å². The highest BCUT2D eigenvalue weighted by molar-refractivity contribution is 5.67. The second-order valence-electron chi connectivity index (χ2n) is 7.11.